The molecule has 3 rings (SSSR count). The summed E-state index contributed by atoms with van der Waals surface area (Å²) in [5.41, 5.74) is 3.87. The van der Waals surface area contributed by atoms with E-state index in [0.29, 0.717) is 6.61 Å². The van der Waals surface area contributed by atoms with Crippen LogP contribution in [0.25, 0.3) is 5.57 Å². The Kier molecular flexibility index (Phi) is 3.14. The number of hydrogen-bond acceptors (Lipinski definition) is 1. The van der Waals surface area contributed by atoms with Crippen LogP contribution in [0.1, 0.15) is 24.0 Å². The first kappa shape index (κ1) is 11.1. The van der Waals surface area contributed by atoms with Crippen LogP contribution < -0.4 is 4.74 Å². The molecule has 0 saturated carbocycles. The summed E-state index contributed by atoms with van der Waals surface area (Å²) in [5.74, 6) is 0.993. The van der Waals surface area contributed by atoms with Gasteiger partial charge in [0.25, 0.3) is 0 Å². The number of benzene rings is 2. The van der Waals surface area contributed by atoms with Crippen molar-refractivity contribution in [3.63, 3.8) is 0 Å². The molecule has 1 nitrogen and oxygen atoms in total. The molecule has 0 N–H and O–H groups in total. The van der Waals surface area contributed by atoms with Gasteiger partial charge in [-0.05, 0) is 30.0 Å². The minimum Gasteiger partial charge on any atom is -0.488 e. The van der Waals surface area contributed by atoms with Gasteiger partial charge in [-0.2, -0.15) is 0 Å². The monoisotopic (exact) mass is 236 g/mol. The maximum absolute atomic E-state index is 5.94. The van der Waals surface area contributed by atoms with Crippen LogP contribution in [0.15, 0.2) is 60.7 Å². The molecule has 0 unspecified atom stereocenters. The van der Waals surface area contributed by atoms with Crippen LogP contribution in [-0.2, 0) is 6.61 Å². The first-order chi connectivity index (χ1) is 8.93. The van der Waals surface area contributed by atoms with Crippen molar-refractivity contribution in [2.24, 2.45) is 0 Å². The highest BCUT2D eigenvalue weighted by atomic mass is 16.5. The summed E-state index contributed by atoms with van der Waals surface area (Å²) in [4.78, 5) is 0. The van der Waals surface area contributed by atoms with E-state index in [0.717, 1.165) is 5.75 Å². The first-order valence-corrected chi connectivity index (χ1v) is 6.38. The molecular weight excluding hydrogens is 220 g/mol. The Labute approximate surface area is 108 Å². The fourth-order valence-electron chi connectivity index (χ4n) is 2.13. The fraction of sp³-hybridized carbons (Fsp3) is 0.176. The lowest BCUT2D eigenvalue weighted by molar-refractivity contribution is 0.305. The second-order valence-electron chi connectivity index (χ2n) is 4.54. The van der Waals surface area contributed by atoms with E-state index in [1.54, 1.807) is 0 Å². The molecule has 0 aromatic heterocycles. The van der Waals surface area contributed by atoms with E-state index in [9.17, 15) is 0 Å². The van der Waals surface area contributed by atoms with Crippen molar-refractivity contribution in [1.29, 1.82) is 0 Å². The van der Waals surface area contributed by atoms with E-state index in [2.05, 4.69) is 36.4 Å². The van der Waals surface area contributed by atoms with Gasteiger partial charge >= 0.3 is 0 Å². The van der Waals surface area contributed by atoms with E-state index >= 15 is 0 Å². The molecule has 1 aliphatic carbocycles. The lowest BCUT2D eigenvalue weighted by Gasteiger charge is -2.18. The molecule has 0 fully saturated rings. The second kappa shape index (κ2) is 5.09. The first-order valence-electron chi connectivity index (χ1n) is 6.38. The van der Waals surface area contributed by atoms with Gasteiger partial charge in [-0.15, -0.1) is 0 Å². The topological polar surface area (TPSA) is 9.23 Å². The van der Waals surface area contributed by atoms with E-state index in [4.69, 9.17) is 4.74 Å². The smallest absolute Gasteiger partial charge is 0.127 e. The Morgan fingerprint density at radius 2 is 1.61 bits per heavy atom. The number of allylic oxidation sites excluding steroid dienone is 2. The van der Waals surface area contributed by atoms with Crippen LogP contribution in [0.5, 0.6) is 5.75 Å². The van der Waals surface area contributed by atoms with Crippen molar-refractivity contribution in [3.05, 3.63) is 71.8 Å². The van der Waals surface area contributed by atoms with Crippen LogP contribution in [-0.4, -0.2) is 0 Å². The van der Waals surface area contributed by atoms with Gasteiger partial charge in [0.05, 0.1) is 0 Å². The highest BCUT2D eigenvalue weighted by Gasteiger charge is 2.12. The van der Waals surface area contributed by atoms with Gasteiger partial charge in [0.15, 0.2) is 0 Å². The summed E-state index contributed by atoms with van der Waals surface area (Å²) in [6, 6.07) is 18.6. The zero-order valence-electron chi connectivity index (χ0n) is 10.3. The molecule has 0 radical (unpaired) electrons. The zero-order valence-corrected chi connectivity index (χ0v) is 10.3. The second-order valence-corrected chi connectivity index (χ2v) is 4.54. The summed E-state index contributed by atoms with van der Waals surface area (Å²) in [6.45, 7) is 0.630. The van der Waals surface area contributed by atoms with E-state index < -0.39 is 0 Å². The number of rotatable bonds is 4. The predicted molar refractivity (Wildman–Crippen MR) is 74.4 cm³/mol. The normalized spacial score (nSPS) is 13.7. The molecule has 2 aromatic carbocycles. The van der Waals surface area contributed by atoms with Gasteiger partial charge in [0, 0.05) is 5.56 Å². The third-order valence-corrected chi connectivity index (χ3v) is 3.27. The Balaban J connectivity index is 1.77. The van der Waals surface area contributed by atoms with Crippen molar-refractivity contribution in [2.45, 2.75) is 19.4 Å². The number of para-hydroxylation sites is 1. The number of ether oxygens (including phenoxy) is 1. The summed E-state index contributed by atoms with van der Waals surface area (Å²) in [7, 11) is 0. The third-order valence-electron chi connectivity index (χ3n) is 3.27. The van der Waals surface area contributed by atoms with Crippen molar-refractivity contribution in [3.8, 4) is 5.75 Å². The SMILES string of the molecule is C1=C(c2ccccc2OCc2ccccc2)CC1. The largest absolute Gasteiger partial charge is 0.488 e. The molecule has 1 heteroatoms. The summed E-state index contributed by atoms with van der Waals surface area (Å²) >= 11 is 0. The fourth-order valence-corrected chi connectivity index (χ4v) is 2.13. The van der Waals surface area contributed by atoms with E-state index in [-0.39, 0.29) is 0 Å². The molecule has 0 bridgehead atoms. The third kappa shape index (κ3) is 2.30. The van der Waals surface area contributed by atoms with Crippen molar-refractivity contribution >= 4 is 5.57 Å². The van der Waals surface area contributed by atoms with Gasteiger partial charge in [-0.3, -0.25) is 0 Å². The van der Waals surface area contributed by atoms with Crippen LogP contribution in [0, 0.1) is 0 Å². The maximum Gasteiger partial charge on any atom is 0.127 e. The van der Waals surface area contributed by atoms with Gasteiger partial charge in [0.2, 0.25) is 0 Å². The predicted octanol–water partition coefficient (Wildman–Crippen LogP) is 4.44. The molecule has 0 amide bonds. The maximum atomic E-state index is 5.94. The minimum atomic E-state index is 0.630. The van der Waals surface area contributed by atoms with Gasteiger partial charge in [-0.25, -0.2) is 0 Å². The summed E-state index contributed by atoms with van der Waals surface area (Å²) < 4.78 is 5.94. The highest BCUT2D eigenvalue weighted by molar-refractivity contribution is 5.74. The van der Waals surface area contributed by atoms with Crippen LogP contribution in [0.2, 0.25) is 0 Å². The lowest BCUT2D eigenvalue weighted by Crippen LogP contribution is -2.00. The molecule has 0 saturated heterocycles. The zero-order chi connectivity index (χ0) is 12.2. The van der Waals surface area contributed by atoms with Gasteiger partial charge in [0.1, 0.15) is 12.4 Å². The minimum absolute atomic E-state index is 0.630. The molecule has 0 spiro atoms. The van der Waals surface area contributed by atoms with E-state index in [1.165, 1.54) is 29.5 Å². The van der Waals surface area contributed by atoms with Crippen molar-refractivity contribution in [2.75, 3.05) is 0 Å². The Morgan fingerprint density at radius 1 is 0.889 bits per heavy atom. The molecule has 90 valence electrons. The van der Waals surface area contributed by atoms with Crippen LogP contribution in [0.3, 0.4) is 0 Å². The average molecular weight is 236 g/mol. The molecule has 2 aromatic rings. The summed E-state index contributed by atoms with van der Waals surface area (Å²) in [5, 5.41) is 0. The van der Waals surface area contributed by atoms with Crippen molar-refractivity contribution in [1.82, 2.24) is 0 Å². The van der Waals surface area contributed by atoms with Gasteiger partial charge in [-0.1, -0.05) is 54.6 Å². The number of hydrogen-bond donors (Lipinski definition) is 0. The van der Waals surface area contributed by atoms with Crippen LogP contribution >= 0.6 is 0 Å². The molecule has 1 aliphatic rings. The average Bonchev–Trinajstić information content (AvgIpc) is 2.37. The Hall–Kier alpha value is -2.02. The quantitative estimate of drug-likeness (QED) is 0.762. The molecule has 0 heterocycles. The Bertz CT molecular complexity index is 555. The molecule has 18 heavy (non-hydrogen) atoms. The van der Waals surface area contributed by atoms with Crippen molar-refractivity contribution < 1.29 is 4.74 Å². The van der Waals surface area contributed by atoms with Crippen LogP contribution in [0.4, 0.5) is 0 Å². The highest BCUT2D eigenvalue weighted by Crippen LogP contribution is 2.34. The lowest BCUT2D eigenvalue weighted by atomic mass is 9.91. The molecular formula is C17H16O. The standard InChI is InChI=1S/C17H16O/c1-2-7-14(8-3-1)13-18-17-12-5-4-11-16(17)15-9-6-10-15/h1-5,7-9,11-12H,6,10,13H2. The molecule has 0 aliphatic heterocycles. The Morgan fingerprint density at radius 3 is 2.33 bits per heavy atom. The van der Waals surface area contributed by atoms with E-state index in [1.807, 2.05) is 24.3 Å². The van der Waals surface area contributed by atoms with Gasteiger partial charge < -0.3 is 4.74 Å². The summed E-state index contributed by atoms with van der Waals surface area (Å²) in [6.07, 6.45) is 4.65. The molecule has 0 atom stereocenters.